The van der Waals surface area contributed by atoms with Crippen molar-refractivity contribution in [1.29, 1.82) is 0 Å². The van der Waals surface area contributed by atoms with E-state index < -0.39 is 0 Å². The molecule has 0 aromatic heterocycles. The predicted molar refractivity (Wildman–Crippen MR) is 58.8 cm³/mol. The van der Waals surface area contributed by atoms with E-state index in [1.165, 1.54) is 11.3 Å². The van der Waals surface area contributed by atoms with Gasteiger partial charge in [-0.25, -0.2) is 0 Å². The van der Waals surface area contributed by atoms with Crippen LogP contribution in [-0.4, -0.2) is 16.8 Å². The summed E-state index contributed by atoms with van der Waals surface area (Å²) in [6.07, 6.45) is 2.10. The first-order valence-corrected chi connectivity index (χ1v) is 5.56. The fraction of sp³-hybridized carbons (Fsp3) is 0.750. The van der Waals surface area contributed by atoms with Gasteiger partial charge in [-0.15, -0.1) is 0 Å². The molecular formula is C12H21NO. The zero-order chi connectivity index (χ0) is 10.9. The highest BCUT2D eigenvalue weighted by Crippen LogP contribution is 2.32. The third kappa shape index (κ3) is 1.58. The molecule has 0 radical (unpaired) electrons. The van der Waals surface area contributed by atoms with E-state index in [0.29, 0.717) is 6.04 Å². The summed E-state index contributed by atoms with van der Waals surface area (Å²) in [5.74, 6) is 0.495. The summed E-state index contributed by atoms with van der Waals surface area (Å²) in [7, 11) is 0. The molecule has 1 saturated heterocycles. The molecule has 0 spiro atoms. The Hall–Kier alpha value is -0.790. The summed E-state index contributed by atoms with van der Waals surface area (Å²) in [6.45, 7) is 10.5. The summed E-state index contributed by atoms with van der Waals surface area (Å²) in [5.41, 5.74) is 2.59. The van der Waals surface area contributed by atoms with Gasteiger partial charge in [0.15, 0.2) is 0 Å². The minimum atomic E-state index is 0.208. The van der Waals surface area contributed by atoms with Gasteiger partial charge in [0.2, 0.25) is 5.91 Å². The Balaban J connectivity index is 2.85. The van der Waals surface area contributed by atoms with Crippen LogP contribution in [0.4, 0.5) is 0 Å². The molecule has 2 atom stereocenters. The molecule has 1 aliphatic heterocycles. The van der Waals surface area contributed by atoms with Gasteiger partial charge >= 0.3 is 0 Å². The number of carbonyl (C=O) groups is 1. The van der Waals surface area contributed by atoms with Crippen molar-refractivity contribution in [2.45, 2.75) is 53.5 Å². The van der Waals surface area contributed by atoms with Crippen LogP contribution in [0.3, 0.4) is 0 Å². The molecule has 0 aliphatic carbocycles. The van der Waals surface area contributed by atoms with E-state index in [2.05, 4.69) is 27.7 Å². The number of rotatable bonds is 3. The molecule has 1 heterocycles. The Morgan fingerprint density at radius 3 is 2.14 bits per heavy atom. The van der Waals surface area contributed by atoms with E-state index in [9.17, 15) is 4.79 Å². The standard InChI is InChI=1S/C12H21NO/c1-6-11(7-2)10(5)13-9(4)8(3)12(13)14/h8-9H,6-7H2,1-5H3. The monoisotopic (exact) mass is 195 g/mol. The van der Waals surface area contributed by atoms with Crippen molar-refractivity contribution >= 4 is 5.91 Å². The average Bonchev–Trinajstić information content (AvgIpc) is 2.19. The molecule has 2 heteroatoms. The number of β-lactam (4-membered cyclic amide) rings is 1. The van der Waals surface area contributed by atoms with Gasteiger partial charge in [-0.2, -0.15) is 0 Å². The zero-order valence-corrected chi connectivity index (χ0v) is 9.92. The van der Waals surface area contributed by atoms with Gasteiger partial charge in [-0.1, -0.05) is 26.3 Å². The van der Waals surface area contributed by atoms with E-state index in [0.717, 1.165) is 12.8 Å². The highest BCUT2D eigenvalue weighted by Gasteiger charge is 2.41. The second-order valence-corrected chi connectivity index (χ2v) is 4.13. The molecule has 80 valence electrons. The summed E-state index contributed by atoms with van der Waals surface area (Å²) in [6, 6.07) is 0.385. The smallest absolute Gasteiger partial charge is 0.231 e. The summed E-state index contributed by atoms with van der Waals surface area (Å²) < 4.78 is 0. The summed E-state index contributed by atoms with van der Waals surface area (Å²) >= 11 is 0. The first-order valence-electron chi connectivity index (χ1n) is 5.56. The fourth-order valence-corrected chi connectivity index (χ4v) is 2.17. The van der Waals surface area contributed by atoms with Gasteiger partial charge in [0.1, 0.15) is 0 Å². The molecule has 1 aliphatic rings. The molecule has 2 unspecified atom stereocenters. The molecule has 0 saturated carbocycles. The van der Waals surface area contributed by atoms with Crippen LogP contribution in [-0.2, 0) is 4.79 Å². The first kappa shape index (κ1) is 11.3. The van der Waals surface area contributed by atoms with E-state index >= 15 is 0 Å². The largest absolute Gasteiger partial charge is 0.313 e. The quantitative estimate of drug-likeness (QED) is 0.634. The third-order valence-corrected chi connectivity index (χ3v) is 3.48. The molecule has 2 nitrogen and oxygen atoms in total. The first-order chi connectivity index (χ1) is 6.54. The van der Waals surface area contributed by atoms with Gasteiger partial charge in [-0.05, 0) is 26.7 Å². The van der Waals surface area contributed by atoms with Gasteiger partial charge in [0, 0.05) is 11.7 Å². The normalized spacial score (nSPS) is 26.1. The minimum absolute atomic E-state index is 0.208. The van der Waals surface area contributed by atoms with Crippen LogP contribution in [0.1, 0.15) is 47.5 Å². The third-order valence-electron chi connectivity index (χ3n) is 3.48. The topological polar surface area (TPSA) is 20.3 Å². The zero-order valence-electron chi connectivity index (χ0n) is 9.92. The maximum absolute atomic E-state index is 11.6. The number of nitrogens with zero attached hydrogens (tertiary/aromatic N) is 1. The van der Waals surface area contributed by atoms with Crippen LogP contribution in [0.2, 0.25) is 0 Å². The molecule has 0 aromatic rings. The SMILES string of the molecule is CCC(CC)=C(C)N1C(=O)C(C)C1C. The lowest BCUT2D eigenvalue weighted by atomic mass is 9.89. The van der Waals surface area contributed by atoms with Crippen molar-refractivity contribution in [3.8, 4) is 0 Å². The Morgan fingerprint density at radius 1 is 1.29 bits per heavy atom. The van der Waals surface area contributed by atoms with Crippen molar-refractivity contribution in [3.63, 3.8) is 0 Å². The molecule has 1 amide bonds. The maximum Gasteiger partial charge on any atom is 0.231 e. The molecule has 1 fully saturated rings. The Morgan fingerprint density at radius 2 is 1.79 bits per heavy atom. The van der Waals surface area contributed by atoms with Gasteiger partial charge in [0.05, 0.1) is 5.92 Å². The number of hydrogen-bond donors (Lipinski definition) is 0. The highest BCUT2D eigenvalue weighted by atomic mass is 16.2. The second kappa shape index (κ2) is 4.16. The Bertz CT molecular complexity index is 261. The number of likely N-dealkylation sites (tertiary alicyclic amines) is 1. The lowest BCUT2D eigenvalue weighted by Gasteiger charge is -2.45. The molecule has 0 aromatic carbocycles. The molecule has 1 rings (SSSR count). The number of hydrogen-bond acceptors (Lipinski definition) is 1. The molecule has 0 bridgehead atoms. The van der Waals surface area contributed by atoms with Gasteiger partial charge in [-0.3, -0.25) is 4.79 Å². The fourth-order valence-electron chi connectivity index (χ4n) is 2.17. The van der Waals surface area contributed by atoms with Crippen molar-refractivity contribution in [1.82, 2.24) is 4.90 Å². The Labute approximate surface area is 87.0 Å². The predicted octanol–water partition coefficient (Wildman–Crippen LogP) is 2.95. The van der Waals surface area contributed by atoms with E-state index in [1.54, 1.807) is 0 Å². The molecule has 0 N–H and O–H groups in total. The van der Waals surface area contributed by atoms with Crippen molar-refractivity contribution in [3.05, 3.63) is 11.3 Å². The van der Waals surface area contributed by atoms with Crippen LogP contribution >= 0.6 is 0 Å². The lowest BCUT2D eigenvalue weighted by molar-refractivity contribution is -0.149. The number of amides is 1. The Kier molecular flexibility index (Phi) is 3.35. The maximum atomic E-state index is 11.6. The van der Waals surface area contributed by atoms with E-state index in [1.807, 2.05) is 11.8 Å². The van der Waals surface area contributed by atoms with Crippen LogP contribution < -0.4 is 0 Å². The number of carbonyl (C=O) groups excluding carboxylic acids is 1. The van der Waals surface area contributed by atoms with Gasteiger partial charge in [0.25, 0.3) is 0 Å². The second-order valence-electron chi connectivity index (χ2n) is 4.13. The molecule has 14 heavy (non-hydrogen) atoms. The van der Waals surface area contributed by atoms with Crippen LogP contribution in [0.25, 0.3) is 0 Å². The van der Waals surface area contributed by atoms with Crippen molar-refractivity contribution < 1.29 is 4.79 Å². The molecular weight excluding hydrogens is 174 g/mol. The van der Waals surface area contributed by atoms with Gasteiger partial charge < -0.3 is 4.90 Å². The van der Waals surface area contributed by atoms with E-state index in [-0.39, 0.29) is 11.8 Å². The van der Waals surface area contributed by atoms with Crippen LogP contribution in [0.5, 0.6) is 0 Å². The minimum Gasteiger partial charge on any atom is -0.313 e. The summed E-state index contributed by atoms with van der Waals surface area (Å²) in [5, 5.41) is 0. The van der Waals surface area contributed by atoms with Crippen LogP contribution in [0.15, 0.2) is 11.3 Å². The van der Waals surface area contributed by atoms with Crippen molar-refractivity contribution in [2.75, 3.05) is 0 Å². The average molecular weight is 195 g/mol. The highest BCUT2D eigenvalue weighted by molar-refractivity contribution is 5.87. The summed E-state index contributed by atoms with van der Waals surface area (Å²) in [4.78, 5) is 13.6. The van der Waals surface area contributed by atoms with Crippen molar-refractivity contribution in [2.24, 2.45) is 5.92 Å². The number of allylic oxidation sites excluding steroid dienone is 2. The lowest BCUT2D eigenvalue weighted by Crippen LogP contribution is -2.57. The van der Waals surface area contributed by atoms with E-state index in [4.69, 9.17) is 0 Å². The van der Waals surface area contributed by atoms with Crippen LogP contribution in [0, 0.1) is 5.92 Å².